The molecule has 30 heavy (non-hydrogen) atoms. The Balaban J connectivity index is 1.82. The lowest BCUT2D eigenvalue weighted by Gasteiger charge is -2.40. The van der Waals surface area contributed by atoms with Gasteiger partial charge >= 0.3 is 5.97 Å². The second-order valence-electron chi connectivity index (χ2n) is 9.82. The van der Waals surface area contributed by atoms with E-state index < -0.39 is 0 Å². The predicted molar refractivity (Wildman–Crippen MR) is 121 cm³/mol. The van der Waals surface area contributed by atoms with Crippen molar-refractivity contribution in [2.75, 3.05) is 7.11 Å². The van der Waals surface area contributed by atoms with E-state index in [-0.39, 0.29) is 5.97 Å². The molecule has 0 saturated heterocycles. The van der Waals surface area contributed by atoms with Gasteiger partial charge in [-0.05, 0) is 61.3 Å². The molecule has 158 valence electrons. The summed E-state index contributed by atoms with van der Waals surface area (Å²) >= 11 is 0. The maximum atomic E-state index is 12.0. The van der Waals surface area contributed by atoms with E-state index in [1.54, 1.807) is 0 Å². The van der Waals surface area contributed by atoms with Crippen molar-refractivity contribution in [1.29, 1.82) is 0 Å². The molecule has 1 aliphatic rings. The van der Waals surface area contributed by atoms with E-state index in [4.69, 9.17) is 9.72 Å². The summed E-state index contributed by atoms with van der Waals surface area (Å²) in [5, 5.41) is 0. The maximum absolute atomic E-state index is 12.0. The molecule has 4 heteroatoms. The number of benzene rings is 2. The van der Waals surface area contributed by atoms with Crippen LogP contribution in [0.2, 0.25) is 0 Å². The largest absolute Gasteiger partial charge is 0.465 e. The van der Waals surface area contributed by atoms with Gasteiger partial charge in [-0.25, -0.2) is 9.78 Å². The number of hydrogen-bond donors (Lipinski definition) is 0. The molecular weight excluding hydrogens is 372 g/mol. The SMILES string of the molecule is COC(=O)c1ccc2c(c1)nc(Cc1ccc(C)cc1)n2[C@@H]1C[C@H](C)CC(C)(C)C1. The van der Waals surface area contributed by atoms with Crippen LogP contribution in [0, 0.1) is 18.3 Å². The number of methoxy groups -OCH3 is 1. The van der Waals surface area contributed by atoms with Crippen molar-refractivity contribution in [3.05, 3.63) is 65.0 Å². The van der Waals surface area contributed by atoms with E-state index in [0.29, 0.717) is 22.9 Å². The Labute approximate surface area is 179 Å². The van der Waals surface area contributed by atoms with Crippen molar-refractivity contribution >= 4 is 17.0 Å². The summed E-state index contributed by atoms with van der Waals surface area (Å²) in [5.41, 5.74) is 5.36. The van der Waals surface area contributed by atoms with Crippen LogP contribution >= 0.6 is 0 Å². The van der Waals surface area contributed by atoms with Gasteiger partial charge in [-0.3, -0.25) is 0 Å². The fourth-order valence-electron chi connectivity index (χ4n) is 5.31. The molecule has 2 atom stereocenters. The van der Waals surface area contributed by atoms with Crippen LogP contribution in [0.3, 0.4) is 0 Å². The smallest absolute Gasteiger partial charge is 0.337 e. The zero-order chi connectivity index (χ0) is 21.5. The molecule has 0 bridgehead atoms. The molecule has 0 N–H and O–H groups in total. The van der Waals surface area contributed by atoms with E-state index in [9.17, 15) is 4.79 Å². The monoisotopic (exact) mass is 404 g/mol. The van der Waals surface area contributed by atoms with E-state index in [1.165, 1.54) is 24.7 Å². The van der Waals surface area contributed by atoms with E-state index >= 15 is 0 Å². The average Bonchev–Trinajstić information content (AvgIpc) is 3.04. The van der Waals surface area contributed by atoms with E-state index in [0.717, 1.165) is 36.1 Å². The van der Waals surface area contributed by atoms with Gasteiger partial charge in [-0.2, -0.15) is 0 Å². The maximum Gasteiger partial charge on any atom is 0.337 e. The number of esters is 1. The molecule has 1 fully saturated rings. The van der Waals surface area contributed by atoms with Crippen LogP contribution in [0.1, 0.15) is 73.4 Å². The molecule has 2 aromatic carbocycles. The number of aromatic nitrogens is 2. The first-order valence-corrected chi connectivity index (χ1v) is 10.9. The third kappa shape index (κ3) is 4.14. The number of fused-ring (bicyclic) bond motifs is 1. The van der Waals surface area contributed by atoms with Crippen molar-refractivity contribution in [1.82, 2.24) is 9.55 Å². The molecule has 4 rings (SSSR count). The number of hydrogen-bond acceptors (Lipinski definition) is 3. The molecule has 1 heterocycles. The first kappa shape index (κ1) is 20.6. The van der Waals surface area contributed by atoms with Gasteiger partial charge in [-0.15, -0.1) is 0 Å². The fourth-order valence-corrected chi connectivity index (χ4v) is 5.31. The van der Waals surface area contributed by atoms with Gasteiger partial charge in [0.1, 0.15) is 5.82 Å². The zero-order valence-corrected chi connectivity index (χ0v) is 18.7. The van der Waals surface area contributed by atoms with E-state index in [1.807, 2.05) is 18.2 Å². The van der Waals surface area contributed by atoms with Crippen LogP contribution in [0.5, 0.6) is 0 Å². The normalized spacial score (nSPS) is 21.0. The highest BCUT2D eigenvalue weighted by Crippen LogP contribution is 2.45. The average molecular weight is 405 g/mol. The molecule has 1 saturated carbocycles. The molecule has 1 aliphatic carbocycles. The van der Waals surface area contributed by atoms with Crippen LogP contribution in [0.4, 0.5) is 0 Å². The number of carbonyl (C=O) groups excluding carboxylic acids is 1. The lowest BCUT2D eigenvalue weighted by Crippen LogP contribution is -2.30. The van der Waals surface area contributed by atoms with Crippen LogP contribution < -0.4 is 0 Å². The second-order valence-corrected chi connectivity index (χ2v) is 9.82. The third-order valence-electron chi connectivity index (χ3n) is 6.40. The van der Waals surface area contributed by atoms with Crippen LogP contribution in [-0.2, 0) is 11.2 Å². The first-order chi connectivity index (χ1) is 14.3. The summed E-state index contributed by atoms with van der Waals surface area (Å²) in [6.07, 6.45) is 4.35. The van der Waals surface area contributed by atoms with Crippen LogP contribution in [-0.4, -0.2) is 22.6 Å². The Morgan fingerprint density at radius 3 is 2.57 bits per heavy atom. The molecule has 0 radical (unpaired) electrons. The molecule has 1 aromatic heterocycles. The number of nitrogens with zero attached hydrogens (tertiary/aromatic N) is 2. The van der Waals surface area contributed by atoms with Crippen LogP contribution in [0.15, 0.2) is 42.5 Å². The number of aryl methyl sites for hydroxylation is 1. The van der Waals surface area contributed by atoms with Gasteiger partial charge in [0, 0.05) is 12.5 Å². The van der Waals surface area contributed by atoms with Crippen molar-refractivity contribution in [3.8, 4) is 0 Å². The zero-order valence-electron chi connectivity index (χ0n) is 18.7. The Morgan fingerprint density at radius 2 is 1.90 bits per heavy atom. The number of ether oxygens (including phenoxy) is 1. The Morgan fingerprint density at radius 1 is 1.17 bits per heavy atom. The molecule has 3 aromatic rings. The van der Waals surface area contributed by atoms with Gasteiger partial charge in [-0.1, -0.05) is 50.6 Å². The summed E-state index contributed by atoms with van der Waals surface area (Å²) < 4.78 is 7.37. The first-order valence-electron chi connectivity index (χ1n) is 10.9. The summed E-state index contributed by atoms with van der Waals surface area (Å²) in [6.45, 7) is 9.23. The quantitative estimate of drug-likeness (QED) is 0.493. The van der Waals surface area contributed by atoms with Crippen LogP contribution in [0.25, 0.3) is 11.0 Å². The van der Waals surface area contributed by atoms with Crippen molar-refractivity contribution < 1.29 is 9.53 Å². The lowest BCUT2D eigenvalue weighted by atomic mass is 9.70. The predicted octanol–water partition coefficient (Wildman–Crippen LogP) is 6.11. The number of imidazole rings is 1. The minimum Gasteiger partial charge on any atom is -0.465 e. The summed E-state index contributed by atoms with van der Waals surface area (Å²) in [5.74, 6) is 1.43. The fraction of sp³-hybridized carbons (Fsp3) is 0.462. The highest BCUT2D eigenvalue weighted by molar-refractivity contribution is 5.93. The molecular formula is C26H32N2O2. The molecule has 0 aliphatic heterocycles. The standard InChI is InChI=1S/C26H32N2O2/c1-17-6-8-19(9-7-17)13-24-27-22-14-20(25(29)30-5)10-11-23(22)28(24)21-12-18(2)15-26(3,4)16-21/h6-11,14,18,21H,12-13,15-16H2,1-5H3/t18-,21+/m0/s1. The summed E-state index contributed by atoms with van der Waals surface area (Å²) in [6, 6.07) is 14.9. The lowest BCUT2D eigenvalue weighted by molar-refractivity contribution is 0.0601. The van der Waals surface area contributed by atoms with Gasteiger partial charge in [0.2, 0.25) is 0 Å². The molecule has 4 nitrogen and oxygen atoms in total. The van der Waals surface area contributed by atoms with Gasteiger partial charge in [0.15, 0.2) is 0 Å². The highest BCUT2D eigenvalue weighted by atomic mass is 16.5. The minimum absolute atomic E-state index is 0.312. The van der Waals surface area contributed by atoms with E-state index in [2.05, 4.69) is 56.5 Å². The van der Waals surface area contributed by atoms with Crippen molar-refractivity contribution in [2.45, 2.75) is 59.4 Å². The Bertz CT molecular complexity index is 1060. The topological polar surface area (TPSA) is 44.1 Å². The highest BCUT2D eigenvalue weighted by Gasteiger charge is 2.34. The van der Waals surface area contributed by atoms with Gasteiger partial charge in [0.25, 0.3) is 0 Å². The molecule has 0 amide bonds. The van der Waals surface area contributed by atoms with Crippen molar-refractivity contribution in [3.63, 3.8) is 0 Å². The van der Waals surface area contributed by atoms with Crippen molar-refractivity contribution in [2.24, 2.45) is 11.3 Å². The second kappa shape index (κ2) is 7.90. The Kier molecular flexibility index (Phi) is 5.44. The van der Waals surface area contributed by atoms with Gasteiger partial charge < -0.3 is 9.30 Å². The molecule has 0 spiro atoms. The molecule has 0 unspecified atom stereocenters. The number of carbonyl (C=O) groups is 1. The minimum atomic E-state index is -0.320. The third-order valence-corrected chi connectivity index (χ3v) is 6.40. The summed E-state index contributed by atoms with van der Waals surface area (Å²) in [7, 11) is 1.42. The van der Waals surface area contributed by atoms with Gasteiger partial charge in [0.05, 0.1) is 23.7 Å². The number of rotatable bonds is 4. The Hall–Kier alpha value is -2.62. The summed E-state index contributed by atoms with van der Waals surface area (Å²) in [4.78, 5) is 17.1.